The number of carbonyl (C=O) groups excluding carboxylic acids is 1. The molecule has 0 aliphatic carbocycles. The Morgan fingerprint density at radius 3 is 2.63 bits per heavy atom. The smallest absolute Gasteiger partial charge is 0.258 e. The Morgan fingerprint density at radius 1 is 1.21 bits per heavy atom. The van der Waals surface area contributed by atoms with Gasteiger partial charge in [0.15, 0.2) is 0 Å². The van der Waals surface area contributed by atoms with Crippen LogP contribution in [0.25, 0.3) is 0 Å². The van der Waals surface area contributed by atoms with Crippen LogP contribution in [0.15, 0.2) is 48.5 Å². The van der Waals surface area contributed by atoms with Gasteiger partial charge in [0.05, 0.1) is 11.6 Å². The van der Waals surface area contributed by atoms with E-state index in [9.17, 15) is 4.79 Å². The summed E-state index contributed by atoms with van der Waals surface area (Å²) in [6.07, 6.45) is 0. The molecule has 1 amide bonds. The number of anilines is 1. The topological polar surface area (TPSA) is 44.1 Å². The molecule has 19 heavy (non-hydrogen) atoms. The molecule has 2 aromatic carbocycles. The summed E-state index contributed by atoms with van der Waals surface area (Å²) in [6.45, 7) is 0. The second-order valence-corrected chi connectivity index (χ2v) is 5.28. The van der Waals surface area contributed by atoms with Crippen LogP contribution in [0.4, 0.5) is 5.69 Å². The number of hydrogen-bond acceptors (Lipinski definition) is 2. The lowest BCUT2D eigenvalue weighted by Crippen LogP contribution is -2.26. The predicted octanol–water partition coefficient (Wildman–Crippen LogP) is 3.44. The Labute approximate surface area is 125 Å². The summed E-state index contributed by atoms with van der Waals surface area (Å²) < 4.78 is 1.02. The molecule has 0 saturated heterocycles. The van der Waals surface area contributed by atoms with E-state index >= 15 is 0 Å². The van der Waals surface area contributed by atoms with Crippen molar-refractivity contribution in [3.63, 3.8) is 0 Å². The van der Waals surface area contributed by atoms with Crippen LogP contribution in [-0.2, 0) is 0 Å². The Bertz CT molecular complexity index is 661. The van der Waals surface area contributed by atoms with Crippen molar-refractivity contribution in [2.45, 2.75) is 0 Å². The number of nitrogens with zero attached hydrogens (tertiary/aromatic N) is 2. The maximum atomic E-state index is 12.3. The van der Waals surface area contributed by atoms with Crippen molar-refractivity contribution in [2.24, 2.45) is 0 Å². The van der Waals surface area contributed by atoms with E-state index in [1.807, 2.05) is 24.3 Å². The zero-order valence-corrected chi connectivity index (χ0v) is 12.5. The van der Waals surface area contributed by atoms with E-state index in [1.54, 1.807) is 36.2 Å². The second-order valence-electron chi connectivity index (χ2n) is 4.04. The highest BCUT2D eigenvalue weighted by Gasteiger charge is 2.13. The maximum absolute atomic E-state index is 12.3. The average Bonchev–Trinajstić information content (AvgIpc) is 2.45. The van der Waals surface area contributed by atoms with Crippen LogP contribution in [0.3, 0.4) is 0 Å². The highest BCUT2D eigenvalue weighted by Crippen LogP contribution is 2.18. The molecule has 3 nitrogen and oxygen atoms in total. The number of benzene rings is 2. The first kappa shape index (κ1) is 13.6. The lowest BCUT2D eigenvalue weighted by atomic mass is 10.1. The van der Waals surface area contributed by atoms with Gasteiger partial charge in [-0.25, -0.2) is 0 Å². The van der Waals surface area contributed by atoms with Crippen molar-refractivity contribution >= 4 is 34.2 Å². The molecule has 2 rings (SSSR count). The van der Waals surface area contributed by atoms with E-state index in [2.05, 4.69) is 28.7 Å². The van der Waals surface area contributed by atoms with Gasteiger partial charge in [0.25, 0.3) is 5.91 Å². The molecule has 0 spiro atoms. The molecule has 0 aliphatic heterocycles. The highest BCUT2D eigenvalue weighted by molar-refractivity contribution is 14.1. The number of nitriles is 1. The van der Waals surface area contributed by atoms with Crippen LogP contribution < -0.4 is 4.90 Å². The Balaban J connectivity index is 2.31. The average molecular weight is 362 g/mol. The van der Waals surface area contributed by atoms with E-state index in [1.165, 1.54) is 0 Å². The molecule has 0 aromatic heterocycles. The summed E-state index contributed by atoms with van der Waals surface area (Å²) in [5, 5.41) is 8.88. The lowest BCUT2D eigenvalue weighted by Gasteiger charge is -2.17. The van der Waals surface area contributed by atoms with Crippen LogP contribution in [0.2, 0.25) is 0 Å². The Hall–Kier alpha value is -1.87. The van der Waals surface area contributed by atoms with Crippen LogP contribution in [-0.4, -0.2) is 13.0 Å². The zero-order chi connectivity index (χ0) is 13.8. The van der Waals surface area contributed by atoms with Crippen molar-refractivity contribution in [1.29, 1.82) is 5.26 Å². The van der Waals surface area contributed by atoms with Crippen LogP contribution in [0, 0.1) is 14.9 Å². The Kier molecular flexibility index (Phi) is 4.17. The van der Waals surface area contributed by atoms with Gasteiger partial charge in [-0.2, -0.15) is 5.26 Å². The fourth-order valence-corrected chi connectivity index (χ4v) is 2.26. The van der Waals surface area contributed by atoms with Gasteiger partial charge in [-0.3, -0.25) is 4.79 Å². The summed E-state index contributed by atoms with van der Waals surface area (Å²) >= 11 is 2.17. The fraction of sp³-hybridized carbons (Fsp3) is 0.0667. The molecule has 4 heteroatoms. The van der Waals surface area contributed by atoms with Gasteiger partial charge in [0.1, 0.15) is 0 Å². The molecule has 2 aromatic rings. The van der Waals surface area contributed by atoms with E-state index in [0.29, 0.717) is 16.8 Å². The monoisotopic (exact) mass is 362 g/mol. The summed E-state index contributed by atoms with van der Waals surface area (Å²) in [4.78, 5) is 13.9. The summed E-state index contributed by atoms with van der Waals surface area (Å²) in [5.41, 5.74) is 1.89. The summed E-state index contributed by atoms with van der Waals surface area (Å²) in [7, 11) is 1.71. The van der Waals surface area contributed by atoms with Crippen molar-refractivity contribution in [1.82, 2.24) is 0 Å². The fourth-order valence-electron chi connectivity index (χ4n) is 1.72. The largest absolute Gasteiger partial charge is 0.311 e. The van der Waals surface area contributed by atoms with Crippen molar-refractivity contribution in [2.75, 3.05) is 11.9 Å². The number of halogens is 1. The predicted molar refractivity (Wildman–Crippen MR) is 83.0 cm³/mol. The van der Waals surface area contributed by atoms with Gasteiger partial charge in [-0.1, -0.05) is 12.1 Å². The van der Waals surface area contributed by atoms with Gasteiger partial charge in [0.2, 0.25) is 0 Å². The molecule has 94 valence electrons. The SMILES string of the molecule is CN(C(=O)c1cccc(I)c1)c1cccc(C#N)c1. The highest BCUT2D eigenvalue weighted by atomic mass is 127. The minimum atomic E-state index is -0.0893. The first-order chi connectivity index (χ1) is 9.11. The lowest BCUT2D eigenvalue weighted by molar-refractivity contribution is 0.0993. The van der Waals surface area contributed by atoms with E-state index < -0.39 is 0 Å². The molecule has 0 atom stereocenters. The van der Waals surface area contributed by atoms with Gasteiger partial charge in [0, 0.05) is 21.9 Å². The van der Waals surface area contributed by atoms with E-state index in [4.69, 9.17) is 5.26 Å². The van der Waals surface area contributed by atoms with Crippen molar-refractivity contribution < 1.29 is 4.79 Å². The maximum Gasteiger partial charge on any atom is 0.258 e. The molecule has 0 heterocycles. The third-order valence-corrected chi connectivity index (χ3v) is 3.41. The third-order valence-electron chi connectivity index (χ3n) is 2.74. The van der Waals surface area contributed by atoms with Crippen LogP contribution in [0.1, 0.15) is 15.9 Å². The van der Waals surface area contributed by atoms with Gasteiger partial charge in [-0.05, 0) is 59.0 Å². The molecule has 0 N–H and O–H groups in total. The standard InChI is InChI=1S/C15H11IN2O/c1-18(14-7-2-4-11(8-14)10-17)15(19)12-5-3-6-13(16)9-12/h2-9H,1H3. The molecule has 0 unspecified atom stereocenters. The molecule has 0 radical (unpaired) electrons. The summed E-state index contributed by atoms with van der Waals surface area (Å²) in [6, 6.07) is 16.5. The van der Waals surface area contributed by atoms with Crippen LogP contribution in [0.5, 0.6) is 0 Å². The number of carbonyl (C=O) groups is 1. The number of amides is 1. The molecular formula is C15H11IN2O. The molecule has 0 saturated carbocycles. The first-order valence-electron chi connectivity index (χ1n) is 5.65. The zero-order valence-electron chi connectivity index (χ0n) is 10.3. The minimum Gasteiger partial charge on any atom is -0.311 e. The normalized spacial score (nSPS) is 9.74. The van der Waals surface area contributed by atoms with E-state index in [-0.39, 0.29) is 5.91 Å². The molecule has 0 aliphatic rings. The molecule has 0 fully saturated rings. The molecule has 0 bridgehead atoms. The van der Waals surface area contributed by atoms with Gasteiger partial charge in [-0.15, -0.1) is 0 Å². The van der Waals surface area contributed by atoms with Crippen molar-refractivity contribution in [3.8, 4) is 6.07 Å². The number of hydrogen-bond donors (Lipinski definition) is 0. The quantitative estimate of drug-likeness (QED) is 0.769. The van der Waals surface area contributed by atoms with Crippen LogP contribution >= 0.6 is 22.6 Å². The van der Waals surface area contributed by atoms with Crippen molar-refractivity contribution in [3.05, 3.63) is 63.2 Å². The van der Waals surface area contributed by atoms with E-state index in [0.717, 1.165) is 3.57 Å². The second kappa shape index (κ2) is 5.85. The third kappa shape index (κ3) is 3.12. The molecular weight excluding hydrogens is 351 g/mol. The van der Waals surface area contributed by atoms with Gasteiger partial charge < -0.3 is 4.90 Å². The first-order valence-corrected chi connectivity index (χ1v) is 6.73. The minimum absolute atomic E-state index is 0.0893. The summed E-state index contributed by atoms with van der Waals surface area (Å²) in [5.74, 6) is -0.0893. The Morgan fingerprint density at radius 2 is 1.95 bits per heavy atom. The number of rotatable bonds is 2. The van der Waals surface area contributed by atoms with Gasteiger partial charge >= 0.3 is 0 Å².